The zero-order valence-corrected chi connectivity index (χ0v) is 9.67. The summed E-state index contributed by atoms with van der Waals surface area (Å²) < 4.78 is 13.4. The monoisotopic (exact) mass is 252 g/mol. The molecule has 1 aliphatic heterocycles. The number of halogens is 1. The van der Waals surface area contributed by atoms with E-state index in [1.54, 1.807) is 0 Å². The van der Waals surface area contributed by atoms with Crippen molar-refractivity contribution < 1.29 is 19.1 Å². The number of likely N-dealkylation sites (tertiary alicyclic amines) is 1. The third kappa shape index (κ3) is 2.47. The second kappa shape index (κ2) is 5.12. The van der Waals surface area contributed by atoms with E-state index in [0.717, 1.165) is 6.42 Å². The molecule has 1 amide bonds. The first kappa shape index (κ1) is 12.5. The Morgan fingerprint density at radius 3 is 3.00 bits per heavy atom. The van der Waals surface area contributed by atoms with Gasteiger partial charge in [-0.2, -0.15) is 4.39 Å². The van der Waals surface area contributed by atoms with Crippen molar-refractivity contribution in [2.24, 2.45) is 0 Å². The average Bonchev–Trinajstić information content (AvgIpc) is 2.76. The Hall–Kier alpha value is -1.98. The number of hydrogen-bond donors (Lipinski definition) is 1. The molecule has 18 heavy (non-hydrogen) atoms. The molecule has 1 saturated heterocycles. The summed E-state index contributed by atoms with van der Waals surface area (Å²) in [6.07, 6.45) is 2.55. The van der Waals surface area contributed by atoms with E-state index in [0.29, 0.717) is 13.0 Å². The lowest BCUT2D eigenvalue weighted by atomic mass is 10.1. The van der Waals surface area contributed by atoms with E-state index in [2.05, 4.69) is 4.98 Å². The molecule has 96 valence electrons. The second-order valence-electron chi connectivity index (χ2n) is 4.23. The summed E-state index contributed by atoms with van der Waals surface area (Å²) in [5.41, 5.74) is -0.102. The predicted octanol–water partition coefficient (Wildman–Crippen LogP) is 1.30. The van der Waals surface area contributed by atoms with Crippen LogP contribution >= 0.6 is 0 Å². The van der Waals surface area contributed by atoms with E-state index in [1.807, 2.05) is 0 Å². The van der Waals surface area contributed by atoms with Crippen LogP contribution < -0.4 is 0 Å². The smallest absolute Gasteiger partial charge is 0.305 e. The topological polar surface area (TPSA) is 70.5 Å². The largest absolute Gasteiger partial charge is 0.481 e. The SMILES string of the molecule is O=C(O)CC1CCCN1C(=O)c1cccnc1F. The van der Waals surface area contributed by atoms with Gasteiger partial charge in [0.15, 0.2) is 0 Å². The van der Waals surface area contributed by atoms with Crippen molar-refractivity contribution >= 4 is 11.9 Å². The average molecular weight is 252 g/mol. The van der Waals surface area contributed by atoms with Gasteiger partial charge in [-0.15, -0.1) is 0 Å². The van der Waals surface area contributed by atoms with Crippen LogP contribution in [0.15, 0.2) is 18.3 Å². The molecule has 2 heterocycles. The maximum absolute atomic E-state index is 13.4. The molecule has 1 atom stereocenters. The Morgan fingerprint density at radius 1 is 1.56 bits per heavy atom. The lowest BCUT2D eigenvalue weighted by Crippen LogP contribution is -2.37. The molecule has 1 unspecified atom stereocenters. The fourth-order valence-electron chi connectivity index (χ4n) is 2.22. The van der Waals surface area contributed by atoms with Crippen LogP contribution in [0.3, 0.4) is 0 Å². The Labute approximate surface area is 103 Å². The third-order valence-electron chi connectivity index (χ3n) is 3.04. The molecule has 0 spiro atoms. The van der Waals surface area contributed by atoms with Crippen LogP contribution in [-0.4, -0.2) is 39.5 Å². The zero-order valence-electron chi connectivity index (χ0n) is 9.67. The number of amides is 1. The molecule has 0 radical (unpaired) electrons. The maximum Gasteiger partial charge on any atom is 0.305 e. The Kier molecular flexibility index (Phi) is 3.55. The number of carboxylic acids is 1. The number of aliphatic carboxylic acids is 1. The van der Waals surface area contributed by atoms with Crippen LogP contribution in [0.25, 0.3) is 0 Å². The van der Waals surface area contributed by atoms with Crippen molar-refractivity contribution in [3.63, 3.8) is 0 Å². The summed E-state index contributed by atoms with van der Waals surface area (Å²) >= 11 is 0. The number of aromatic nitrogens is 1. The molecule has 6 heteroatoms. The van der Waals surface area contributed by atoms with Gasteiger partial charge in [0.05, 0.1) is 12.0 Å². The van der Waals surface area contributed by atoms with Gasteiger partial charge in [0.25, 0.3) is 5.91 Å². The fraction of sp³-hybridized carbons (Fsp3) is 0.417. The van der Waals surface area contributed by atoms with Gasteiger partial charge in [-0.25, -0.2) is 4.98 Å². The number of carboxylic acid groups (broad SMARTS) is 1. The molecule has 0 saturated carbocycles. The highest BCUT2D eigenvalue weighted by Gasteiger charge is 2.32. The van der Waals surface area contributed by atoms with Crippen LogP contribution in [0.2, 0.25) is 0 Å². The van der Waals surface area contributed by atoms with E-state index < -0.39 is 17.8 Å². The minimum atomic E-state index is -0.952. The molecule has 0 aromatic carbocycles. The zero-order chi connectivity index (χ0) is 13.1. The normalized spacial score (nSPS) is 18.9. The quantitative estimate of drug-likeness (QED) is 0.823. The molecule has 0 aliphatic carbocycles. The molecule has 2 rings (SSSR count). The van der Waals surface area contributed by atoms with Gasteiger partial charge in [-0.3, -0.25) is 9.59 Å². The van der Waals surface area contributed by atoms with Crippen molar-refractivity contribution in [2.75, 3.05) is 6.54 Å². The van der Waals surface area contributed by atoms with E-state index in [9.17, 15) is 14.0 Å². The van der Waals surface area contributed by atoms with E-state index >= 15 is 0 Å². The highest BCUT2D eigenvalue weighted by Crippen LogP contribution is 2.23. The van der Waals surface area contributed by atoms with Crippen molar-refractivity contribution in [1.29, 1.82) is 0 Å². The van der Waals surface area contributed by atoms with Crippen LogP contribution in [-0.2, 0) is 4.79 Å². The molecular formula is C12H13FN2O3. The van der Waals surface area contributed by atoms with Gasteiger partial charge < -0.3 is 10.0 Å². The molecule has 1 aromatic rings. The van der Waals surface area contributed by atoms with Gasteiger partial charge in [-0.05, 0) is 25.0 Å². The molecule has 0 bridgehead atoms. The summed E-state index contributed by atoms with van der Waals surface area (Å²) in [7, 11) is 0. The molecule has 1 aliphatic rings. The first-order valence-corrected chi connectivity index (χ1v) is 5.73. The lowest BCUT2D eigenvalue weighted by molar-refractivity contribution is -0.137. The molecule has 1 fully saturated rings. The van der Waals surface area contributed by atoms with Gasteiger partial charge >= 0.3 is 5.97 Å². The highest BCUT2D eigenvalue weighted by atomic mass is 19.1. The third-order valence-corrected chi connectivity index (χ3v) is 3.04. The van der Waals surface area contributed by atoms with E-state index in [1.165, 1.54) is 23.2 Å². The molecule has 1 N–H and O–H groups in total. The maximum atomic E-state index is 13.4. The first-order chi connectivity index (χ1) is 8.59. The fourth-order valence-corrected chi connectivity index (χ4v) is 2.22. The van der Waals surface area contributed by atoms with Crippen LogP contribution in [0.1, 0.15) is 29.6 Å². The van der Waals surface area contributed by atoms with Crippen LogP contribution in [0.4, 0.5) is 4.39 Å². The number of rotatable bonds is 3. The number of nitrogens with zero attached hydrogens (tertiary/aromatic N) is 2. The van der Waals surface area contributed by atoms with Crippen molar-refractivity contribution in [3.8, 4) is 0 Å². The first-order valence-electron chi connectivity index (χ1n) is 5.73. The number of pyridine rings is 1. The minimum Gasteiger partial charge on any atom is -0.481 e. The van der Waals surface area contributed by atoms with Gasteiger partial charge in [0.1, 0.15) is 0 Å². The summed E-state index contributed by atoms with van der Waals surface area (Å²) in [6.45, 7) is 0.463. The summed E-state index contributed by atoms with van der Waals surface area (Å²) in [5, 5.41) is 8.77. The second-order valence-corrected chi connectivity index (χ2v) is 4.23. The van der Waals surface area contributed by atoms with Gasteiger partial charge in [0, 0.05) is 18.8 Å². The lowest BCUT2D eigenvalue weighted by Gasteiger charge is -2.23. The van der Waals surface area contributed by atoms with E-state index in [-0.39, 0.29) is 18.0 Å². The molecule has 1 aromatic heterocycles. The minimum absolute atomic E-state index is 0.102. The number of carbonyl (C=O) groups excluding carboxylic acids is 1. The van der Waals surface area contributed by atoms with Gasteiger partial charge in [-0.1, -0.05) is 0 Å². The Morgan fingerprint density at radius 2 is 2.33 bits per heavy atom. The Balaban J connectivity index is 2.18. The molecule has 5 nitrogen and oxygen atoms in total. The summed E-state index contributed by atoms with van der Waals surface area (Å²) in [4.78, 5) is 27.7. The predicted molar refractivity (Wildman–Crippen MR) is 60.5 cm³/mol. The standard InChI is InChI=1S/C12H13FN2O3/c13-11-9(4-1-5-14-11)12(18)15-6-2-3-8(15)7-10(16)17/h1,4-5,8H,2-3,6-7H2,(H,16,17). The number of hydrogen-bond acceptors (Lipinski definition) is 3. The Bertz CT molecular complexity index is 478. The van der Waals surface area contributed by atoms with Crippen molar-refractivity contribution in [1.82, 2.24) is 9.88 Å². The molecular weight excluding hydrogens is 239 g/mol. The van der Waals surface area contributed by atoms with E-state index in [4.69, 9.17) is 5.11 Å². The summed E-state index contributed by atoms with van der Waals surface area (Å²) in [6, 6.07) is 2.49. The van der Waals surface area contributed by atoms with Gasteiger partial charge in [0.2, 0.25) is 5.95 Å². The van der Waals surface area contributed by atoms with Crippen LogP contribution in [0, 0.1) is 5.95 Å². The van der Waals surface area contributed by atoms with Crippen LogP contribution in [0.5, 0.6) is 0 Å². The summed E-state index contributed by atoms with van der Waals surface area (Å²) in [5.74, 6) is -2.25. The highest BCUT2D eigenvalue weighted by molar-refractivity contribution is 5.94. The number of carbonyl (C=O) groups is 2. The van der Waals surface area contributed by atoms with Crippen molar-refractivity contribution in [2.45, 2.75) is 25.3 Å². The van der Waals surface area contributed by atoms with Crippen molar-refractivity contribution in [3.05, 3.63) is 29.8 Å².